The van der Waals surface area contributed by atoms with Gasteiger partial charge in [0.15, 0.2) is 11.8 Å². The molecule has 0 unspecified atom stereocenters. The van der Waals surface area contributed by atoms with Crippen molar-refractivity contribution in [3.8, 4) is 0 Å². The average molecular weight is 481 g/mol. The second kappa shape index (κ2) is 9.72. The third-order valence-corrected chi connectivity index (χ3v) is 4.59. The van der Waals surface area contributed by atoms with E-state index < -0.39 is 0 Å². The van der Waals surface area contributed by atoms with E-state index in [-0.39, 0.29) is 24.0 Å². The van der Waals surface area contributed by atoms with E-state index in [1.54, 1.807) is 0 Å². The Labute approximate surface area is 177 Å². The van der Waals surface area contributed by atoms with Gasteiger partial charge in [0.2, 0.25) is 0 Å². The van der Waals surface area contributed by atoms with E-state index in [0.717, 1.165) is 37.1 Å². The summed E-state index contributed by atoms with van der Waals surface area (Å²) in [5, 5.41) is 16.2. The van der Waals surface area contributed by atoms with Gasteiger partial charge in [0.25, 0.3) is 0 Å². The highest BCUT2D eigenvalue weighted by Gasteiger charge is 2.07. The Balaban J connectivity index is 0.00000261. The largest absolute Gasteiger partial charge is 0.361 e. The molecular weight excluding hydrogens is 453 g/mol. The molecule has 3 N–H and O–H groups in total. The molecule has 0 saturated carbocycles. The normalized spacial score (nSPS) is 11.5. The maximum atomic E-state index is 4.62. The quantitative estimate of drug-likeness (QED) is 0.287. The van der Waals surface area contributed by atoms with Gasteiger partial charge >= 0.3 is 0 Å². The molecule has 7 nitrogen and oxygen atoms in total. The minimum atomic E-state index is 0. The molecule has 8 heteroatoms. The number of guanidine groups is 1. The van der Waals surface area contributed by atoms with E-state index in [1.807, 2.05) is 18.5 Å². The molecule has 2 heterocycles. The van der Waals surface area contributed by atoms with Gasteiger partial charge < -0.3 is 20.2 Å². The van der Waals surface area contributed by atoms with Gasteiger partial charge in [-0.3, -0.25) is 0 Å². The molecule has 146 valence electrons. The number of rotatable bonds is 6. The van der Waals surface area contributed by atoms with Crippen LogP contribution in [0.4, 0.5) is 0 Å². The number of halogens is 1. The zero-order valence-electron chi connectivity index (χ0n) is 16.3. The summed E-state index contributed by atoms with van der Waals surface area (Å²) >= 11 is 0. The van der Waals surface area contributed by atoms with Gasteiger partial charge in [0.1, 0.15) is 12.4 Å². The number of nitrogens with zero attached hydrogens (tertiary/aromatic N) is 4. The van der Waals surface area contributed by atoms with E-state index in [2.05, 4.69) is 69.1 Å². The molecule has 0 bridgehead atoms. The number of benzene rings is 1. The van der Waals surface area contributed by atoms with E-state index in [9.17, 15) is 0 Å². The predicted octanol–water partition coefficient (Wildman–Crippen LogP) is 2.83. The number of aromatic amines is 1. The summed E-state index contributed by atoms with van der Waals surface area (Å²) in [5.41, 5.74) is 3.82. The Hall–Kier alpha value is -2.10. The highest BCUT2D eigenvalue weighted by molar-refractivity contribution is 14.0. The minimum Gasteiger partial charge on any atom is -0.361 e. The van der Waals surface area contributed by atoms with Crippen LogP contribution in [-0.2, 0) is 20.0 Å². The van der Waals surface area contributed by atoms with Crippen molar-refractivity contribution in [1.82, 2.24) is 30.4 Å². The second-order valence-electron chi connectivity index (χ2n) is 6.41. The molecule has 0 atom stereocenters. The molecule has 27 heavy (non-hydrogen) atoms. The molecule has 0 aliphatic rings. The summed E-state index contributed by atoms with van der Waals surface area (Å²) in [4.78, 5) is 7.98. The van der Waals surface area contributed by atoms with Crippen molar-refractivity contribution >= 4 is 40.8 Å². The molecule has 0 amide bonds. The van der Waals surface area contributed by atoms with Gasteiger partial charge in [0, 0.05) is 37.2 Å². The lowest BCUT2D eigenvalue weighted by molar-refractivity contribution is 0.754. The van der Waals surface area contributed by atoms with Crippen LogP contribution < -0.4 is 10.6 Å². The van der Waals surface area contributed by atoms with Crippen molar-refractivity contribution in [3.63, 3.8) is 0 Å². The van der Waals surface area contributed by atoms with E-state index in [4.69, 9.17) is 0 Å². The van der Waals surface area contributed by atoms with E-state index in [1.165, 1.54) is 22.0 Å². The monoisotopic (exact) mass is 481 g/mol. The topological polar surface area (TPSA) is 82.9 Å². The van der Waals surface area contributed by atoms with Crippen LogP contribution in [0.5, 0.6) is 0 Å². The van der Waals surface area contributed by atoms with Gasteiger partial charge in [0.05, 0.1) is 0 Å². The summed E-state index contributed by atoms with van der Waals surface area (Å²) in [6.07, 6.45) is 3.03. The first-order valence-electron chi connectivity index (χ1n) is 9.02. The molecule has 2 aromatic heterocycles. The summed E-state index contributed by atoms with van der Waals surface area (Å²) in [5.74, 6) is 2.54. The molecule has 0 aliphatic carbocycles. The number of hydrogen-bond acceptors (Lipinski definition) is 3. The number of aliphatic imine (C=N–C) groups is 1. The lowest BCUT2D eigenvalue weighted by Gasteiger charge is -2.11. The maximum absolute atomic E-state index is 4.62. The summed E-state index contributed by atoms with van der Waals surface area (Å²) in [6, 6.07) is 6.36. The highest BCUT2D eigenvalue weighted by atomic mass is 127. The zero-order chi connectivity index (χ0) is 18.5. The van der Waals surface area contributed by atoms with Crippen LogP contribution in [0, 0.1) is 13.8 Å². The number of aryl methyl sites for hydroxylation is 2. The first-order valence-corrected chi connectivity index (χ1v) is 9.02. The molecule has 0 fully saturated rings. The van der Waals surface area contributed by atoms with Gasteiger partial charge in [-0.15, -0.1) is 34.2 Å². The first-order chi connectivity index (χ1) is 12.6. The molecule has 3 aromatic rings. The first kappa shape index (κ1) is 21.2. The van der Waals surface area contributed by atoms with E-state index in [0.29, 0.717) is 6.54 Å². The zero-order valence-corrected chi connectivity index (χ0v) is 18.7. The average Bonchev–Trinajstić information content (AvgIpc) is 3.18. The van der Waals surface area contributed by atoms with Crippen molar-refractivity contribution < 1.29 is 0 Å². The summed E-state index contributed by atoms with van der Waals surface area (Å²) < 4.78 is 1.96. The van der Waals surface area contributed by atoms with Crippen LogP contribution in [0.25, 0.3) is 10.9 Å². The lowest BCUT2D eigenvalue weighted by atomic mass is 10.1. The Morgan fingerprint density at radius 3 is 2.74 bits per heavy atom. The van der Waals surface area contributed by atoms with Crippen LogP contribution in [0.2, 0.25) is 0 Å². The van der Waals surface area contributed by atoms with Crippen molar-refractivity contribution in [2.24, 2.45) is 12.0 Å². The second-order valence-corrected chi connectivity index (χ2v) is 6.41. The fourth-order valence-corrected chi connectivity index (χ4v) is 3.04. The number of H-pyrrole nitrogens is 1. The van der Waals surface area contributed by atoms with Crippen molar-refractivity contribution in [1.29, 1.82) is 0 Å². The van der Waals surface area contributed by atoms with Crippen molar-refractivity contribution in [2.75, 3.05) is 13.1 Å². The molecule has 1 aromatic carbocycles. The van der Waals surface area contributed by atoms with Gasteiger partial charge in [-0.25, -0.2) is 4.99 Å². The molecule has 0 aliphatic heterocycles. The number of hydrogen-bond donors (Lipinski definition) is 3. The van der Waals surface area contributed by atoms with Gasteiger partial charge in [-0.1, -0.05) is 12.1 Å². The molecule has 0 spiro atoms. The van der Waals surface area contributed by atoms with E-state index >= 15 is 0 Å². The Kier molecular flexibility index (Phi) is 7.64. The fourth-order valence-electron chi connectivity index (χ4n) is 3.04. The fraction of sp³-hybridized carbons (Fsp3) is 0.421. The minimum absolute atomic E-state index is 0. The van der Waals surface area contributed by atoms with Gasteiger partial charge in [-0.05, 0) is 44.4 Å². The van der Waals surface area contributed by atoms with Crippen molar-refractivity contribution in [3.05, 3.63) is 47.2 Å². The number of fused-ring (bicyclic) bond motifs is 1. The van der Waals surface area contributed by atoms with Crippen LogP contribution in [0.3, 0.4) is 0 Å². The lowest BCUT2D eigenvalue weighted by Crippen LogP contribution is -2.38. The van der Waals surface area contributed by atoms with Crippen LogP contribution in [0.1, 0.15) is 29.7 Å². The number of aromatic nitrogens is 4. The third kappa shape index (κ3) is 5.00. The summed E-state index contributed by atoms with van der Waals surface area (Å²) in [6.45, 7) is 8.28. The SMILES string of the molecule is CCNC(=NCc1nnc(C)n1C)NCCc1c[nH]c2cccc(C)c12.I. The smallest absolute Gasteiger partial charge is 0.191 e. The Morgan fingerprint density at radius 1 is 1.22 bits per heavy atom. The molecule has 0 radical (unpaired) electrons. The standard InChI is InChI=1S/C19H27N7.HI/c1-5-20-19(23-12-17-25-24-14(3)26(17)4)21-10-9-15-11-22-16-8-6-7-13(2)18(15)16;/h6-8,11,22H,5,9-10,12H2,1-4H3,(H2,20,21,23);1H. The van der Waals surface area contributed by atoms with Gasteiger partial charge in [-0.2, -0.15) is 0 Å². The van der Waals surface area contributed by atoms with Crippen LogP contribution in [0.15, 0.2) is 29.4 Å². The van der Waals surface area contributed by atoms with Crippen molar-refractivity contribution in [2.45, 2.75) is 33.7 Å². The molecule has 3 rings (SSSR count). The molecular formula is C19H28IN7. The highest BCUT2D eigenvalue weighted by Crippen LogP contribution is 2.22. The van der Waals surface area contributed by atoms with Crippen LogP contribution >= 0.6 is 24.0 Å². The predicted molar refractivity (Wildman–Crippen MR) is 121 cm³/mol. The third-order valence-electron chi connectivity index (χ3n) is 4.59. The number of nitrogens with one attached hydrogen (secondary N) is 3. The Bertz CT molecular complexity index is 910. The summed E-state index contributed by atoms with van der Waals surface area (Å²) in [7, 11) is 1.96. The Morgan fingerprint density at radius 2 is 2.04 bits per heavy atom. The van der Waals surface area contributed by atoms with Crippen LogP contribution in [-0.4, -0.2) is 38.8 Å². The molecule has 0 saturated heterocycles. The maximum Gasteiger partial charge on any atom is 0.191 e.